The largest absolute Gasteiger partial charge is 0.420 e. The Hall–Kier alpha value is -2.47. The Bertz CT molecular complexity index is 913. The summed E-state index contributed by atoms with van der Waals surface area (Å²) in [6, 6.07) is 14.0. The van der Waals surface area contributed by atoms with Crippen LogP contribution >= 0.6 is 11.8 Å². The van der Waals surface area contributed by atoms with Crippen molar-refractivity contribution in [3.63, 3.8) is 0 Å². The Kier molecular flexibility index (Phi) is 4.25. The zero-order chi connectivity index (χ0) is 16.4. The van der Waals surface area contributed by atoms with Crippen molar-refractivity contribution in [2.45, 2.75) is 17.9 Å². The lowest BCUT2D eigenvalue weighted by atomic mass is 10.2. The first-order valence-electron chi connectivity index (χ1n) is 7.15. The first-order chi connectivity index (χ1) is 11.1. The molecule has 1 aromatic heterocycles. The van der Waals surface area contributed by atoms with Crippen LogP contribution in [0.2, 0.25) is 0 Å². The van der Waals surface area contributed by atoms with Crippen molar-refractivity contribution < 1.29 is 9.21 Å². The van der Waals surface area contributed by atoms with Crippen LogP contribution < -0.4 is 11.1 Å². The molecule has 0 saturated carbocycles. The van der Waals surface area contributed by atoms with E-state index in [0.717, 1.165) is 4.90 Å². The molecule has 6 heteroatoms. The van der Waals surface area contributed by atoms with Gasteiger partial charge >= 0.3 is 5.76 Å². The minimum Gasteiger partial charge on any atom is -0.408 e. The van der Waals surface area contributed by atoms with Crippen molar-refractivity contribution in [1.29, 1.82) is 0 Å². The molecule has 1 unspecified atom stereocenters. The third-order valence-electron chi connectivity index (χ3n) is 3.62. The van der Waals surface area contributed by atoms with Gasteiger partial charge < -0.3 is 9.73 Å². The summed E-state index contributed by atoms with van der Waals surface area (Å²) in [5.74, 6) is -0.802. The summed E-state index contributed by atoms with van der Waals surface area (Å²) < 4.78 is 6.55. The average Bonchev–Trinajstić information content (AvgIpc) is 2.90. The summed E-state index contributed by atoms with van der Waals surface area (Å²) in [6.07, 6.45) is 1.97. The summed E-state index contributed by atoms with van der Waals surface area (Å²) >= 11 is 1.60. The molecule has 3 rings (SSSR count). The van der Waals surface area contributed by atoms with Crippen molar-refractivity contribution >= 4 is 34.5 Å². The van der Waals surface area contributed by atoms with E-state index < -0.39 is 11.8 Å². The standard InChI is InChI=1S/C17H16N2O3S/c1-11(16(20)18-12-6-5-7-13(10-12)23-2)19-14-8-3-4-9-15(14)22-17(19)21/h3-11H,1-2H3,(H,18,20). The molecule has 3 aromatic rings. The van der Waals surface area contributed by atoms with Crippen LogP contribution in [0.4, 0.5) is 5.69 Å². The minimum atomic E-state index is -0.677. The number of para-hydroxylation sites is 2. The highest BCUT2D eigenvalue weighted by atomic mass is 32.2. The SMILES string of the molecule is CSc1cccc(NC(=O)C(C)n2c(=O)oc3ccccc32)c1. The number of hydrogen-bond acceptors (Lipinski definition) is 4. The number of nitrogens with one attached hydrogen (secondary N) is 1. The van der Waals surface area contributed by atoms with E-state index in [1.165, 1.54) is 4.57 Å². The maximum absolute atomic E-state index is 12.5. The second-order valence-electron chi connectivity index (χ2n) is 5.10. The lowest BCUT2D eigenvalue weighted by molar-refractivity contribution is -0.118. The summed E-state index contributed by atoms with van der Waals surface area (Å²) in [7, 11) is 0. The third-order valence-corrected chi connectivity index (χ3v) is 4.35. The lowest BCUT2D eigenvalue weighted by Crippen LogP contribution is -2.29. The summed E-state index contributed by atoms with van der Waals surface area (Å²) in [5, 5.41) is 2.84. The summed E-state index contributed by atoms with van der Waals surface area (Å²) in [4.78, 5) is 25.6. The fourth-order valence-corrected chi connectivity index (χ4v) is 2.88. The van der Waals surface area contributed by atoms with Crippen LogP contribution in [0.5, 0.6) is 0 Å². The topological polar surface area (TPSA) is 64.2 Å². The van der Waals surface area contributed by atoms with Gasteiger partial charge in [0, 0.05) is 10.6 Å². The number of carbonyl (C=O) groups excluding carboxylic acids is 1. The highest BCUT2D eigenvalue weighted by molar-refractivity contribution is 7.98. The molecule has 0 fully saturated rings. The van der Waals surface area contributed by atoms with Crippen molar-refractivity contribution in [2.75, 3.05) is 11.6 Å². The van der Waals surface area contributed by atoms with E-state index in [1.807, 2.05) is 30.5 Å². The van der Waals surface area contributed by atoms with Crippen LogP contribution in [-0.4, -0.2) is 16.7 Å². The molecule has 118 valence electrons. The summed E-state index contributed by atoms with van der Waals surface area (Å²) in [6.45, 7) is 1.68. The van der Waals surface area contributed by atoms with E-state index >= 15 is 0 Å². The molecule has 1 N–H and O–H groups in total. The Morgan fingerprint density at radius 1 is 1.22 bits per heavy atom. The molecule has 23 heavy (non-hydrogen) atoms. The van der Waals surface area contributed by atoms with E-state index in [4.69, 9.17) is 4.42 Å². The fraction of sp³-hybridized carbons (Fsp3) is 0.176. The smallest absolute Gasteiger partial charge is 0.408 e. The molecule has 0 radical (unpaired) electrons. The van der Waals surface area contributed by atoms with Gasteiger partial charge in [-0.1, -0.05) is 18.2 Å². The van der Waals surface area contributed by atoms with Gasteiger partial charge in [-0.2, -0.15) is 0 Å². The second-order valence-corrected chi connectivity index (χ2v) is 5.98. The zero-order valence-corrected chi connectivity index (χ0v) is 13.6. The molecule has 0 bridgehead atoms. The fourth-order valence-electron chi connectivity index (χ4n) is 2.42. The second kappa shape index (κ2) is 6.34. The van der Waals surface area contributed by atoms with Gasteiger partial charge in [-0.05, 0) is 43.5 Å². The Balaban J connectivity index is 1.89. The average molecular weight is 328 g/mol. The molecule has 0 aliphatic carbocycles. The van der Waals surface area contributed by atoms with Gasteiger partial charge in [0.1, 0.15) is 6.04 Å². The molecular weight excluding hydrogens is 312 g/mol. The highest BCUT2D eigenvalue weighted by Gasteiger charge is 2.21. The number of carbonyl (C=O) groups is 1. The van der Waals surface area contributed by atoms with E-state index in [9.17, 15) is 9.59 Å². The van der Waals surface area contributed by atoms with Crippen LogP contribution in [0.25, 0.3) is 11.1 Å². The van der Waals surface area contributed by atoms with Crippen molar-refractivity contribution in [3.8, 4) is 0 Å². The molecule has 1 heterocycles. The number of fused-ring (bicyclic) bond motifs is 1. The normalized spacial score (nSPS) is 12.3. The predicted octanol–water partition coefficient (Wildman–Crippen LogP) is 3.52. The lowest BCUT2D eigenvalue weighted by Gasteiger charge is -2.13. The van der Waals surface area contributed by atoms with Gasteiger partial charge in [-0.3, -0.25) is 9.36 Å². The molecule has 5 nitrogen and oxygen atoms in total. The first-order valence-corrected chi connectivity index (χ1v) is 8.37. The highest BCUT2D eigenvalue weighted by Crippen LogP contribution is 2.21. The predicted molar refractivity (Wildman–Crippen MR) is 92.0 cm³/mol. The first kappa shape index (κ1) is 15.4. The molecule has 0 saturated heterocycles. The molecule has 0 aliphatic heterocycles. The van der Waals surface area contributed by atoms with E-state index in [0.29, 0.717) is 16.8 Å². The van der Waals surface area contributed by atoms with Crippen LogP contribution in [0, 0.1) is 0 Å². The van der Waals surface area contributed by atoms with Gasteiger partial charge in [0.15, 0.2) is 5.58 Å². The minimum absolute atomic E-state index is 0.267. The molecule has 0 spiro atoms. The number of anilines is 1. The van der Waals surface area contributed by atoms with Gasteiger partial charge in [-0.15, -0.1) is 11.8 Å². The number of nitrogens with zero attached hydrogens (tertiary/aromatic N) is 1. The van der Waals surface area contributed by atoms with Gasteiger partial charge in [-0.25, -0.2) is 4.79 Å². The molecule has 0 aliphatic rings. The van der Waals surface area contributed by atoms with Gasteiger partial charge in [0.25, 0.3) is 0 Å². The van der Waals surface area contributed by atoms with Crippen molar-refractivity contribution in [2.24, 2.45) is 0 Å². The maximum atomic E-state index is 12.5. The quantitative estimate of drug-likeness (QED) is 0.744. The number of amides is 1. The van der Waals surface area contributed by atoms with Crippen LogP contribution in [0.3, 0.4) is 0 Å². The number of hydrogen-bond donors (Lipinski definition) is 1. The van der Waals surface area contributed by atoms with Gasteiger partial charge in [0.05, 0.1) is 5.52 Å². The van der Waals surface area contributed by atoms with Crippen molar-refractivity contribution in [1.82, 2.24) is 4.57 Å². The Morgan fingerprint density at radius 3 is 2.78 bits per heavy atom. The number of aromatic nitrogens is 1. The Labute approximate surface area is 137 Å². The molecule has 1 atom stereocenters. The van der Waals surface area contributed by atoms with E-state index in [2.05, 4.69) is 5.32 Å². The number of benzene rings is 2. The van der Waals surface area contributed by atoms with E-state index in [-0.39, 0.29) is 5.91 Å². The number of oxazole rings is 1. The monoisotopic (exact) mass is 328 g/mol. The Morgan fingerprint density at radius 2 is 2.00 bits per heavy atom. The molecule has 1 amide bonds. The molecule has 2 aromatic carbocycles. The zero-order valence-electron chi connectivity index (χ0n) is 12.8. The maximum Gasteiger partial charge on any atom is 0.420 e. The van der Waals surface area contributed by atoms with Crippen molar-refractivity contribution in [3.05, 3.63) is 59.1 Å². The molecular formula is C17H16N2O3S. The number of thioether (sulfide) groups is 1. The van der Waals surface area contributed by atoms with Crippen LogP contribution in [0.15, 0.2) is 62.6 Å². The van der Waals surface area contributed by atoms with Crippen LogP contribution in [-0.2, 0) is 4.79 Å². The van der Waals surface area contributed by atoms with Gasteiger partial charge in [0.2, 0.25) is 5.91 Å². The summed E-state index contributed by atoms with van der Waals surface area (Å²) in [5.41, 5.74) is 1.79. The van der Waals surface area contributed by atoms with Crippen LogP contribution in [0.1, 0.15) is 13.0 Å². The third kappa shape index (κ3) is 3.03. The van der Waals surface area contributed by atoms with E-state index in [1.54, 1.807) is 43.0 Å². The number of rotatable bonds is 4.